The molecule has 1 fully saturated rings. The van der Waals surface area contributed by atoms with Gasteiger partial charge in [0.1, 0.15) is 0 Å². The van der Waals surface area contributed by atoms with Crippen molar-refractivity contribution < 1.29 is 24.2 Å². The lowest BCUT2D eigenvalue weighted by molar-refractivity contribution is -0.143. The zero-order chi connectivity index (χ0) is 15.1. The summed E-state index contributed by atoms with van der Waals surface area (Å²) in [7, 11) is 3.14. The first-order valence-electron chi connectivity index (χ1n) is 6.78. The molecule has 0 aromatic rings. The van der Waals surface area contributed by atoms with E-state index in [-0.39, 0.29) is 24.1 Å². The Morgan fingerprint density at radius 1 is 1.45 bits per heavy atom. The lowest BCUT2D eigenvalue weighted by atomic mass is 9.92. The highest BCUT2D eigenvalue weighted by atomic mass is 16.5. The van der Waals surface area contributed by atoms with Crippen LogP contribution in [-0.2, 0) is 14.3 Å². The number of likely N-dealkylation sites (tertiary alicyclic amines) is 1. The molecule has 0 aliphatic carbocycles. The molecule has 0 bridgehead atoms. The zero-order valence-corrected chi connectivity index (χ0v) is 12.3. The molecule has 2 amide bonds. The third-order valence-electron chi connectivity index (χ3n) is 3.65. The summed E-state index contributed by atoms with van der Waals surface area (Å²) in [6.07, 6.45) is 0.809. The Labute approximate surface area is 119 Å². The lowest BCUT2D eigenvalue weighted by Gasteiger charge is -2.36. The van der Waals surface area contributed by atoms with E-state index in [2.05, 4.69) is 5.32 Å². The molecule has 0 spiro atoms. The molecule has 0 saturated carbocycles. The highest BCUT2D eigenvalue weighted by Crippen LogP contribution is 2.22. The number of carboxylic acid groups (broad SMARTS) is 1. The largest absolute Gasteiger partial charge is 0.481 e. The standard InChI is InChI=1S/C13H24N2O5/c1-9-6-10(12(16)17)4-5-15(9)13(18)14-7-11(20-3)8-19-2/h9-11H,4-8H2,1-3H3,(H,14,18)(H,16,17). The molecular formula is C13H24N2O5. The zero-order valence-electron chi connectivity index (χ0n) is 12.3. The van der Waals surface area contributed by atoms with Crippen molar-refractivity contribution in [2.24, 2.45) is 5.92 Å². The van der Waals surface area contributed by atoms with Gasteiger partial charge in [-0.3, -0.25) is 4.79 Å². The molecule has 2 N–H and O–H groups in total. The van der Waals surface area contributed by atoms with E-state index in [9.17, 15) is 9.59 Å². The van der Waals surface area contributed by atoms with Gasteiger partial charge in [-0.25, -0.2) is 4.79 Å². The summed E-state index contributed by atoms with van der Waals surface area (Å²) < 4.78 is 10.1. The Balaban J connectivity index is 2.42. The molecule has 1 aliphatic heterocycles. The summed E-state index contributed by atoms with van der Waals surface area (Å²) in [4.78, 5) is 24.7. The fraction of sp³-hybridized carbons (Fsp3) is 0.846. The van der Waals surface area contributed by atoms with Crippen LogP contribution in [0.3, 0.4) is 0 Å². The summed E-state index contributed by atoms with van der Waals surface area (Å²) in [5.74, 6) is -1.13. The molecule has 0 aromatic carbocycles. The number of hydrogen-bond acceptors (Lipinski definition) is 4. The lowest BCUT2D eigenvalue weighted by Crippen LogP contribution is -2.51. The number of carbonyl (C=O) groups is 2. The van der Waals surface area contributed by atoms with Crippen molar-refractivity contribution in [3.8, 4) is 0 Å². The van der Waals surface area contributed by atoms with Crippen LogP contribution in [0.5, 0.6) is 0 Å². The van der Waals surface area contributed by atoms with E-state index >= 15 is 0 Å². The van der Waals surface area contributed by atoms with E-state index < -0.39 is 5.97 Å². The normalized spacial score (nSPS) is 24.2. The molecule has 1 rings (SSSR count). The van der Waals surface area contributed by atoms with Gasteiger partial charge in [0.25, 0.3) is 0 Å². The van der Waals surface area contributed by atoms with Crippen molar-refractivity contribution in [1.82, 2.24) is 10.2 Å². The number of piperidine rings is 1. The van der Waals surface area contributed by atoms with E-state index in [1.54, 1.807) is 19.1 Å². The van der Waals surface area contributed by atoms with Gasteiger partial charge >= 0.3 is 12.0 Å². The number of ether oxygens (including phenoxy) is 2. The van der Waals surface area contributed by atoms with Gasteiger partial charge in [-0.05, 0) is 19.8 Å². The van der Waals surface area contributed by atoms with Gasteiger partial charge in [-0.1, -0.05) is 0 Å². The Bertz CT molecular complexity index is 337. The van der Waals surface area contributed by atoms with Crippen LogP contribution in [0.4, 0.5) is 4.79 Å². The molecule has 1 saturated heterocycles. The van der Waals surface area contributed by atoms with Gasteiger partial charge in [0.05, 0.1) is 18.6 Å². The summed E-state index contributed by atoms with van der Waals surface area (Å²) in [6.45, 7) is 3.12. The minimum absolute atomic E-state index is 0.0757. The summed E-state index contributed by atoms with van der Waals surface area (Å²) in [5, 5.41) is 11.8. The third kappa shape index (κ3) is 4.64. The second kappa shape index (κ2) is 8.06. The second-order valence-electron chi connectivity index (χ2n) is 5.10. The van der Waals surface area contributed by atoms with Crippen LogP contribution in [0.15, 0.2) is 0 Å². The fourth-order valence-electron chi connectivity index (χ4n) is 2.40. The minimum Gasteiger partial charge on any atom is -0.481 e. The van der Waals surface area contributed by atoms with Crippen LogP contribution in [0.25, 0.3) is 0 Å². The van der Waals surface area contributed by atoms with Crippen LogP contribution in [0.2, 0.25) is 0 Å². The minimum atomic E-state index is -0.781. The fourth-order valence-corrected chi connectivity index (χ4v) is 2.40. The topological polar surface area (TPSA) is 88.1 Å². The monoisotopic (exact) mass is 288 g/mol. The predicted molar refractivity (Wildman–Crippen MR) is 72.6 cm³/mol. The van der Waals surface area contributed by atoms with Crippen molar-refractivity contribution in [3.63, 3.8) is 0 Å². The van der Waals surface area contributed by atoms with Gasteiger partial charge < -0.3 is 24.8 Å². The molecule has 1 heterocycles. The Kier molecular flexibility index (Phi) is 6.74. The second-order valence-corrected chi connectivity index (χ2v) is 5.10. The molecule has 0 radical (unpaired) electrons. The first-order chi connectivity index (χ1) is 9.49. The molecule has 0 aromatic heterocycles. The smallest absolute Gasteiger partial charge is 0.317 e. The first kappa shape index (κ1) is 16.7. The Morgan fingerprint density at radius 3 is 2.65 bits per heavy atom. The van der Waals surface area contributed by atoms with Crippen molar-refractivity contribution in [2.75, 3.05) is 33.9 Å². The Hall–Kier alpha value is -1.34. The summed E-state index contributed by atoms with van der Waals surface area (Å²) in [5.41, 5.74) is 0. The van der Waals surface area contributed by atoms with E-state index in [1.807, 2.05) is 6.92 Å². The molecule has 20 heavy (non-hydrogen) atoms. The molecule has 1 aliphatic rings. The van der Waals surface area contributed by atoms with Crippen LogP contribution in [0.1, 0.15) is 19.8 Å². The Morgan fingerprint density at radius 2 is 2.15 bits per heavy atom. The first-order valence-corrected chi connectivity index (χ1v) is 6.78. The average Bonchev–Trinajstić information content (AvgIpc) is 2.42. The van der Waals surface area contributed by atoms with Gasteiger partial charge in [0.2, 0.25) is 0 Å². The third-order valence-corrected chi connectivity index (χ3v) is 3.65. The van der Waals surface area contributed by atoms with Crippen molar-refractivity contribution in [3.05, 3.63) is 0 Å². The molecule has 7 heteroatoms. The van der Waals surface area contributed by atoms with E-state index in [0.717, 1.165) is 0 Å². The number of rotatable bonds is 6. The van der Waals surface area contributed by atoms with E-state index in [4.69, 9.17) is 14.6 Å². The maximum absolute atomic E-state index is 12.1. The number of nitrogens with one attached hydrogen (secondary N) is 1. The van der Waals surface area contributed by atoms with Crippen LogP contribution in [-0.4, -0.2) is 68.1 Å². The number of urea groups is 1. The SMILES string of the molecule is COCC(CNC(=O)N1CCC(C(=O)O)CC1C)OC. The molecule has 3 unspecified atom stereocenters. The van der Waals surface area contributed by atoms with Crippen LogP contribution < -0.4 is 5.32 Å². The number of methoxy groups -OCH3 is 2. The van der Waals surface area contributed by atoms with E-state index in [1.165, 1.54) is 0 Å². The highest BCUT2D eigenvalue weighted by molar-refractivity contribution is 5.75. The maximum atomic E-state index is 12.1. The van der Waals surface area contributed by atoms with Gasteiger partial charge in [-0.15, -0.1) is 0 Å². The van der Waals surface area contributed by atoms with Crippen molar-refractivity contribution in [2.45, 2.75) is 31.9 Å². The maximum Gasteiger partial charge on any atom is 0.317 e. The number of hydrogen-bond donors (Lipinski definition) is 2. The van der Waals surface area contributed by atoms with Gasteiger partial charge in [0, 0.05) is 33.4 Å². The number of amides is 2. The van der Waals surface area contributed by atoms with Gasteiger partial charge in [-0.2, -0.15) is 0 Å². The highest BCUT2D eigenvalue weighted by Gasteiger charge is 2.32. The number of aliphatic carboxylic acids is 1. The molecule has 3 atom stereocenters. The average molecular weight is 288 g/mol. The predicted octanol–water partition coefficient (Wildman–Crippen LogP) is 0.543. The van der Waals surface area contributed by atoms with Crippen molar-refractivity contribution in [1.29, 1.82) is 0 Å². The number of carbonyl (C=O) groups excluding carboxylic acids is 1. The molecule has 116 valence electrons. The van der Waals surface area contributed by atoms with Crippen LogP contribution >= 0.6 is 0 Å². The van der Waals surface area contributed by atoms with E-state index in [0.29, 0.717) is 32.5 Å². The van der Waals surface area contributed by atoms with Gasteiger partial charge in [0.15, 0.2) is 0 Å². The van der Waals surface area contributed by atoms with Crippen molar-refractivity contribution >= 4 is 12.0 Å². The summed E-state index contributed by atoms with van der Waals surface area (Å²) in [6, 6.07) is -0.257. The number of carboxylic acids is 1. The quantitative estimate of drug-likeness (QED) is 0.745. The molecule has 7 nitrogen and oxygen atoms in total. The summed E-state index contributed by atoms with van der Waals surface area (Å²) >= 11 is 0. The number of nitrogens with zero attached hydrogens (tertiary/aromatic N) is 1. The molecular weight excluding hydrogens is 264 g/mol. The van der Waals surface area contributed by atoms with Crippen LogP contribution in [0, 0.1) is 5.92 Å².